The Balaban J connectivity index is 1.76. The number of benzene rings is 2. The van der Waals surface area contributed by atoms with Gasteiger partial charge in [0.15, 0.2) is 0 Å². The molecule has 0 spiro atoms. The molecule has 30 heavy (non-hydrogen) atoms. The summed E-state index contributed by atoms with van der Waals surface area (Å²) in [6.45, 7) is 4.74. The van der Waals surface area contributed by atoms with Gasteiger partial charge in [-0.2, -0.15) is 4.31 Å². The van der Waals surface area contributed by atoms with E-state index in [0.717, 1.165) is 29.7 Å². The first-order chi connectivity index (χ1) is 14.4. The zero-order valence-electron chi connectivity index (χ0n) is 17.8. The smallest absolute Gasteiger partial charge is 0.243 e. The van der Waals surface area contributed by atoms with Gasteiger partial charge < -0.3 is 10.1 Å². The van der Waals surface area contributed by atoms with Gasteiger partial charge in [-0.1, -0.05) is 32.0 Å². The SMILES string of the molecule is CCc1cccc(CC)c1NC(=O)[C@H]1CCCN(S(=O)(=O)c2ccc(OC)cc2)C1. The molecule has 0 saturated carbocycles. The van der Waals surface area contributed by atoms with E-state index in [1.165, 1.54) is 11.4 Å². The maximum atomic E-state index is 13.1. The molecule has 1 aliphatic rings. The minimum Gasteiger partial charge on any atom is -0.497 e. The maximum Gasteiger partial charge on any atom is 0.243 e. The Bertz CT molecular complexity index is 965. The Labute approximate surface area is 179 Å². The lowest BCUT2D eigenvalue weighted by Gasteiger charge is -2.31. The van der Waals surface area contributed by atoms with Gasteiger partial charge in [-0.25, -0.2) is 8.42 Å². The fourth-order valence-electron chi connectivity index (χ4n) is 3.90. The number of hydrogen-bond acceptors (Lipinski definition) is 4. The van der Waals surface area contributed by atoms with Crippen molar-refractivity contribution in [2.24, 2.45) is 5.92 Å². The lowest BCUT2D eigenvalue weighted by molar-refractivity contribution is -0.120. The van der Waals surface area contributed by atoms with Gasteiger partial charge in [0.05, 0.1) is 17.9 Å². The van der Waals surface area contributed by atoms with Gasteiger partial charge in [0.25, 0.3) is 0 Å². The Morgan fingerprint density at radius 2 is 1.73 bits per heavy atom. The molecule has 1 fully saturated rings. The van der Waals surface area contributed by atoms with Crippen molar-refractivity contribution < 1.29 is 17.9 Å². The number of nitrogens with zero attached hydrogens (tertiary/aromatic N) is 1. The molecular formula is C23H30N2O4S. The first kappa shape index (κ1) is 22.3. The third kappa shape index (κ3) is 4.68. The molecule has 1 aliphatic heterocycles. The Morgan fingerprint density at radius 3 is 2.30 bits per heavy atom. The molecule has 2 aromatic carbocycles. The van der Waals surface area contributed by atoms with E-state index in [9.17, 15) is 13.2 Å². The van der Waals surface area contributed by atoms with E-state index in [2.05, 4.69) is 19.2 Å². The molecule has 6 nitrogen and oxygen atoms in total. The van der Waals surface area contributed by atoms with Crippen LogP contribution in [0.5, 0.6) is 5.75 Å². The quantitative estimate of drug-likeness (QED) is 0.724. The van der Waals surface area contributed by atoms with E-state index < -0.39 is 10.0 Å². The number of hydrogen-bond donors (Lipinski definition) is 1. The van der Waals surface area contributed by atoms with Gasteiger partial charge in [-0.15, -0.1) is 0 Å². The average molecular weight is 431 g/mol. The van der Waals surface area contributed by atoms with Crippen LogP contribution in [-0.4, -0.2) is 38.8 Å². The molecule has 1 atom stereocenters. The van der Waals surface area contributed by atoms with Crippen LogP contribution in [-0.2, 0) is 27.7 Å². The van der Waals surface area contributed by atoms with Gasteiger partial charge in [0.2, 0.25) is 15.9 Å². The van der Waals surface area contributed by atoms with Crippen molar-refractivity contribution in [3.8, 4) is 5.75 Å². The topological polar surface area (TPSA) is 75.7 Å². The number of aryl methyl sites for hydroxylation is 2. The highest BCUT2D eigenvalue weighted by atomic mass is 32.2. The fourth-order valence-corrected chi connectivity index (χ4v) is 5.42. The highest BCUT2D eigenvalue weighted by Gasteiger charge is 2.33. The second-order valence-electron chi connectivity index (χ2n) is 7.53. The monoisotopic (exact) mass is 430 g/mol. The number of carbonyl (C=O) groups excluding carboxylic acids is 1. The first-order valence-corrected chi connectivity index (χ1v) is 11.9. The van der Waals surface area contributed by atoms with Gasteiger partial charge in [0, 0.05) is 18.8 Å². The summed E-state index contributed by atoms with van der Waals surface area (Å²) in [5.74, 6) is 0.118. The molecule has 0 radical (unpaired) electrons. The molecule has 1 N–H and O–H groups in total. The van der Waals surface area contributed by atoms with Crippen LogP contribution in [0.4, 0.5) is 5.69 Å². The number of carbonyl (C=O) groups is 1. The lowest BCUT2D eigenvalue weighted by atomic mass is 9.97. The van der Waals surface area contributed by atoms with Crippen LogP contribution in [0, 0.1) is 5.92 Å². The fraction of sp³-hybridized carbons (Fsp3) is 0.435. The summed E-state index contributed by atoms with van der Waals surface area (Å²) in [4.78, 5) is 13.3. The van der Waals surface area contributed by atoms with Gasteiger partial charge >= 0.3 is 0 Å². The van der Waals surface area contributed by atoms with Crippen LogP contribution in [0.25, 0.3) is 0 Å². The van der Waals surface area contributed by atoms with E-state index in [1.807, 2.05) is 18.2 Å². The Kier molecular flexibility index (Phi) is 7.15. The number of sulfonamides is 1. The molecule has 7 heteroatoms. The number of anilines is 1. The summed E-state index contributed by atoms with van der Waals surface area (Å²) in [7, 11) is -2.11. The number of para-hydroxylation sites is 1. The molecule has 0 bridgehead atoms. The second kappa shape index (κ2) is 9.62. The van der Waals surface area contributed by atoms with Crippen LogP contribution >= 0.6 is 0 Å². The summed E-state index contributed by atoms with van der Waals surface area (Å²) in [6, 6.07) is 12.4. The molecule has 1 heterocycles. The van der Waals surface area contributed by atoms with Crippen molar-refractivity contribution in [1.29, 1.82) is 0 Å². The number of rotatable bonds is 7. The van der Waals surface area contributed by atoms with Crippen molar-refractivity contribution in [2.45, 2.75) is 44.4 Å². The van der Waals surface area contributed by atoms with Gasteiger partial charge in [0.1, 0.15) is 5.75 Å². The Morgan fingerprint density at radius 1 is 1.10 bits per heavy atom. The van der Waals surface area contributed by atoms with E-state index >= 15 is 0 Å². The number of methoxy groups -OCH3 is 1. The molecule has 0 unspecified atom stereocenters. The van der Waals surface area contributed by atoms with E-state index in [0.29, 0.717) is 25.1 Å². The standard InChI is InChI=1S/C23H30N2O4S/c1-4-17-8-6-9-18(5-2)22(17)24-23(26)19-10-7-15-25(16-19)30(27,28)21-13-11-20(29-3)12-14-21/h6,8-9,11-14,19H,4-5,7,10,15-16H2,1-3H3,(H,24,26)/t19-/m0/s1. The zero-order chi connectivity index (χ0) is 21.7. The number of ether oxygens (including phenoxy) is 1. The van der Waals surface area contributed by atoms with Crippen LogP contribution in [0.15, 0.2) is 47.4 Å². The Hall–Kier alpha value is -2.38. The molecule has 1 saturated heterocycles. The minimum absolute atomic E-state index is 0.111. The molecule has 0 aromatic heterocycles. The number of piperidine rings is 1. The largest absolute Gasteiger partial charge is 0.497 e. The highest BCUT2D eigenvalue weighted by Crippen LogP contribution is 2.28. The zero-order valence-corrected chi connectivity index (χ0v) is 18.7. The van der Waals surface area contributed by atoms with E-state index in [1.54, 1.807) is 24.3 Å². The average Bonchev–Trinajstić information content (AvgIpc) is 2.79. The summed E-state index contributed by atoms with van der Waals surface area (Å²) in [5.41, 5.74) is 3.07. The van der Waals surface area contributed by atoms with Crippen molar-refractivity contribution in [2.75, 3.05) is 25.5 Å². The molecule has 162 valence electrons. The van der Waals surface area contributed by atoms with Crippen molar-refractivity contribution >= 4 is 21.6 Å². The molecule has 1 amide bonds. The lowest BCUT2D eigenvalue weighted by Crippen LogP contribution is -2.43. The summed E-state index contributed by atoms with van der Waals surface area (Å²) in [5, 5.41) is 3.10. The predicted octanol–water partition coefficient (Wildman–Crippen LogP) is 3.86. The van der Waals surface area contributed by atoms with Crippen LogP contribution in [0.1, 0.15) is 37.8 Å². The summed E-state index contributed by atoms with van der Waals surface area (Å²) in [6.07, 6.45) is 2.98. The van der Waals surface area contributed by atoms with E-state index in [-0.39, 0.29) is 23.3 Å². The van der Waals surface area contributed by atoms with Crippen molar-refractivity contribution in [3.63, 3.8) is 0 Å². The van der Waals surface area contributed by atoms with Crippen LogP contribution in [0.3, 0.4) is 0 Å². The number of amides is 1. The summed E-state index contributed by atoms with van der Waals surface area (Å²) < 4.78 is 32.7. The van der Waals surface area contributed by atoms with Gasteiger partial charge in [-0.3, -0.25) is 4.79 Å². The highest BCUT2D eigenvalue weighted by molar-refractivity contribution is 7.89. The number of nitrogens with one attached hydrogen (secondary N) is 1. The van der Waals surface area contributed by atoms with Crippen LogP contribution in [0.2, 0.25) is 0 Å². The normalized spacial score (nSPS) is 17.5. The second-order valence-corrected chi connectivity index (χ2v) is 9.46. The third-order valence-electron chi connectivity index (χ3n) is 5.70. The predicted molar refractivity (Wildman–Crippen MR) is 118 cm³/mol. The molecular weight excluding hydrogens is 400 g/mol. The molecule has 3 rings (SSSR count). The summed E-state index contributed by atoms with van der Waals surface area (Å²) >= 11 is 0. The van der Waals surface area contributed by atoms with Crippen molar-refractivity contribution in [3.05, 3.63) is 53.6 Å². The third-order valence-corrected chi connectivity index (χ3v) is 7.58. The minimum atomic E-state index is -3.65. The molecule has 0 aliphatic carbocycles. The van der Waals surface area contributed by atoms with Crippen LogP contribution < -0.4 is 10.1 Å². The van der Waals surface area contributed by atoms with Gasteiger partial charge in [-0.05, 0) is 61.1 Å². The first-order valence-electron chi connectivity index (χ1n) is 10.5. The van der Waals surface area contributed by atoms with Crippen molar-refractivity contribution in [1.82, 2.24) is 4.31 Å². The van der Waals surface area contributed by atoms with E-state index in [4.69, 9.17) is 4.74 Å². The maximum absolute atomic E-state index is 13.1. The molecule has 2 aromatic rings.